The van der Waals surface area contributed by atoms with E-state index in [0.717, 1.165) is 5.56 Å². The molecule has 2 atom stereocenters. The Morgan fingerprint density at radius 1 is 1.30 bits per heavy atom. The largest absolute Gasteiger partial charge is 0.375 e. The van der Waals surface area contributed by atoms with Gasteiger partial charge in [0.15, 0.2) is 0 Å². The van der Waals surface area contributed by atoms with Crippen molar-refractivity contribution in [1.82, 2.24) is 0 Å². The second-order valence-corrected chi connectivity index (χ2v) is 7.63. The van der Waals surface area contributed by atoms with E-state index in [2.05, 4.69) is 6.92 Å². The molecule has 2 rings (SSSR count). The van der Waals surface area contributed by atoms with E-state index < -0.39 is 10.1 Å². The predicted octanol–water partition coefficient (Wildman–Crippen LogP) is 2.76. The van der Waals surface area contributed by atoms with Gasteiger partial charge in [-0.1, -0.05) is 24.6 Å². The number of aryl methyl sites for hydroxylation is 1. The normalized spacial score (nSPS) is 25.8. The maximum atomic E-state index is 12.1. The number of rotatable bonds is 4. The lowest BCUT2D eigenvalue weighted by molar-refractivity contribution is 0.0152. The zero-order valence-corrected chi connectivity index (χ0v) is 13.2. The Bertz CT molecular complexity index is 560. The summed E-state index contributed by atoms with van der Waals surface area (Å²) in [4.78, 5) is 0.203. The summed E-state index contributed by atoms with van der Waals surface area (Å²) in [5.74, 6) is 0.362. The summed E-state index contributed by atoms with van der Waals surface area (Å²) in [5.41, 5.74) is 0.797. The minimum absolute atomic E-state index is 0.102. The Hall–Kier alpha value is -0.910. The van der Waals surface area contributed by atoms with Crippen LogP contribution in [-0.4, -0.2) is 27.2 Å². The average molecular weight is 298 g/mol. The van der Waals surface area contributed by atoms with Crippen LogP contribution in [0.5, 0.6) is 0 Å². The third-order valence-electron chi connectivity index (χ3n) is 4.22. The first-order valence-electron chi connectivity index (χ1n) is 6.82. The average Bonchev–Trinajstić information content (AvgIpc) is 2.63. The number of hydrogen-bond acceptors (Lipinski definition) is 4. The molecule has 1 unspecified atom stereocenters. The van der Waals surface area contributed by atoms with Crippen molar-refractivity contribution in [2.45, 2.75) is 38.2 Å². The van der Waals surface area contributed by atoms with Crippen molar-refractivity contribution in [1.29, 1.82) is 0 Å². The van der Waals surface area contributed by atoms with Gasteiger partial charge in [0, 0.05) is 5.92 Å². The molecule has 1 aromatic carbocycles. The molecule has 0 bridgehead atoms. The Labute approximate surface area is 121 Å². The first kappa shape index (κ1) is 15.5. The van der Waals surface area contributed by atoms with E-state index >= 15 is 0 Å². The van der Waals surface area contributed by atoms with Crippen LogP contribution >= 0.6 is 0 Å². The molecule has 112 valence electrons. The predicted molar refractivity (Wildman–Crippen MR) is 77.0 cm³/mol. The Morgan fingerprint density at radius 3 is 2.40 bits per heavy atom. The topological polar surface area (TPSA) is 52.6 Å². The summed E-state index contributed by atoms with van der Waals surface area (Å²) in [6.07, 6.45) is 0. The molecule has 0 aliphatic carbocycles. The molecular formula is C15H22O4S. The molecule has 0 radical (unpaired) electrons. The lowest BCUT2D eigenvalue weighted by Gasteiger charge is -2.24. The van der Waals surface area contributed by atoms with Crippen LogP contribution < -0.4 is 0 Å². The lowest BCUT2D eigenvalue weighted by Crippen LogP contribution is -2.29. The van der Waals surface area contributed by atoms with Gasteiger partial charge in [0.25, 0.3) is 10.1 Å². The molecule has 0 saturated carbocycles. The molecule has 0 aromatic heterocycles. The number of hydrogen-bond donors (Lipinski definition) is 0. The highest BCUT2D eigenvalue weighted by atomic mass is 32.2. The van der Waals surface area contributed by atoms with Crippen molar-refractivity contribution in [2.75, 3.05) is 13.2 Å². The monoisotopic (exact) mass is 298 g/mol. The Kier molecular flexibility index (Phi) is 4.23. The van der Waals surface area contributed by atoms with E-state index in [1.807, 2.05) is 20.8 Å². The molecule has 0 amide bonds. The van der Waals surface area contributed by atoms with E-state index in [1.54, 1.807) is 24.3 Å². The minimum Gasteiger partial charge on any atom is -0.375 e. The molecule has 0 N–H and O–H groups in total. The molecule has 4 nitrogen and oxygen atoms in total. The van der Waals surface area contributed by atoms with Crippen LogP contribution in [0.3, 0.4) is 0 Å². The second kappa shape index (κ2) is 5.47. The lowest BCUT2D eigenvalue weighted by atomic mass is 9.86. The summed E-state index contributed by atoms with van der Waals surface area (Å²) in [5, 5.41) is 0. The quantitative estimate of drug-likeness (QED) is 0.802. The van der Waals surface area contributed by atoms with Crippen molar-refractivity contribution < 1.29 is 17.3 Å². The van der Waals surface area contributed by atoms with E-state index in [0.29, 0.717) is 6.61 Å². The van der Waals surface area contributed by atoms with Gasteiger partial charge in [-0.15, -0.1) is 0 Å². The highest BCUT2D eigenvalue weighted by Gasteiger charge is 2.40. The van der Waals surface area contributed by atoms with Crippen molar-refractivity contribution in [3.63, 3.8) is 0 Å². The van der Waals surface area contributed by atoms with E-state index in [-0.39, 0.29) is 28.9 Å². The standard InChI is InChI=1S/C15H22O4S/c1-11-5-7-14(8-6-11)20(16,17)19-10-13-9-18-15(3,4)12(13)2/h5-8,12-13H,9-10H2,1-4H3/t12?,13-/m1/s1. The van der Waals surface area contributed by atoms with Gasteiger partial charge < -0.3 is 4.74 Å². The van der Waals surface area contributed by atoms with Crippen LogP contribution in [0.25, 0.3) is 0 Å². The Balaban J connectivity index is 2.02. The van der Waals surface area contributed by atoms with Crippen LogP contribution in [0.1, 0.15) is 26.3 Å². The van der Waals surface area contributed by atoms with Crippen LogP contribution in [0.15, 0.2) is 29.2 Å². The molecule has 1 saturated heterocycles. The van der Waals surface area contributed by atoms with Crippen LogP contribution in [0.2, 0.25) is 0 Å². The third kappa shape index (κ3) is 3.22. The van der Waals surface area contributed by atoms with Crippen molar-refractivity contribution >= 4 is 10.1 Å². The fraction of sp³-hybridized carbons (Fsp3) is 0.600. The van der Waals surface area contributed by atoms with E-state index in [9.17, 15) is 8.42 Å². The van der Waals surface area contributed by atoms with Crippen LogP contribution in [0.4, 0.5) is 0 Å². The molecular weight excluding hydrogens is 276 g/mol. The summed E-state index contributed by atoms with van der Waals surface area (Å²) < 4.78 is 35.1. The SMILES string of the molecule is Cc1ccc(S(=O)(=O)OC[C@H]2COC(C)(C)C2C)cc1. The van der Waals surface area contributed by atoms with Crippen LogP contribution in [0, 0.1) is 18.8 Å². The highest BCUT2D eigenvalue weighted by molar-refractivity contribution is 7.86. The third-order valence-corrected chi connectivity index (χ3v) is 5.52. The zero-order valence-electron chi connectivity index (χ0n) is 12.4. The van der Waals surface area contributed by atoms with Gasteiger partial charge in [-0.3, -0.25) is 4.18 Å². The first-order valence-corrected chi connectivity index (χ1v) is 8.23. The first-order chi connectivity index (χ1) is 9.22. The summed E-state index contributed by atoms with van der Waals surface area (Å²) >= 11 is 0. The molecule has 1 aliphatic heterocycles. The van der Waals surface area contributed by atoms with Gasteiger partial charge in [0.1, 0.15) is 0 Å². The molecule has 1 aromatic rings. The van der Waals surface area contributed by atoms with Gasteiger partial charge in [0.2, 0.25) is 0 Å². The van der Waals surface area contributed by atoms with Gasteiger partial charge in [-0.25, -0.2) is 0 Å². The van der Waals surface area contributed by atoms with Crippen molar-refractivity contribution in [3.05, 3.63) is 29.8 Å². The van der Waals surface area contributed by atoms with Crippen molar-refractivity contribution in [2.24, 2.45) is 11.8 Å². The molecule has 1 aliphatic rings. The van der Waals surface area contributed by atoms with Crippen molar-refractivity contribution in [3.8, 4) is 0 Å². The van der Waals surface area contributed by atoms with Gasteiger partial charge in [-0.05, 0) is 38.8 Å². The molecule has 1 heterocycles. The Morgan fingerprint density at radius 2 is 1.90 bits per heavy atom. The van der Waals surface area contributed by atoms with Gasteiger partial charge in [0.05, 0.1) is 23.7 Å². The number of benzene rings is 1. The van der Waals surface area contributed by atoms with E-state index in [4.69, 9.17) is 8.92 Å². The summed E-state index contributed by atoms with van der Waals surface area (Å²) in [7, 11) is -3.68. The van der Waals surface area contributed by atoms with Crippen LogP contribution in [-0.2, 0) is 19.0 Å². The second-order valence-electron chi connectivity index (χ2n) is 6.01. The summed E-state index contributed by atoms with van der Waals surface area (Å²) in [6.45, 7) is 8.73. The fourth-order valence-corrected chi connectivity index (χ4v) is 3.27. The molecule has 5 heteroatoms. The zero-order chi connectivity index (χ0) is 15.0. The minimum atomic E-state index is -3.68. The maximum Gasteiger partial charge on any atom is 0.296 e. The summed E-state index contributed by atoms with van der Waals surface area (Å²) in [6, 6.07) is 6.67. The highest BCUT2D eigenvalue weighted by Crippen LogP contribution is 2.36. The molecule has 20 heavy (non-hydrogen) atoms. The van der Waals surface area contributed by atoms with Gasteiger partial charge in [-0.2, -0.15) is 8.42 Å². The van der Waals surface area contributed by atoms with E-state index in [1.165, 1.54) is 0 Å². The number of ether oxygens (including phenoxy) is 1. The maximum absolute atomic E-state index is 12.1. The smallest absolute Gasteiger partial charge is 0.296 e. The molecule has 1 fully saturated rings. The fourth-order valence-electron chi connectivity index (χ4n) is 2.31. The van der Waals surface area contributed by atoms with Gasteiger partial charge >= 0.3 is 0 Å². The molecule has 0 spiro atoms.